The first kappa shape index (κ1) is 13.9. The van der Waals surface area contributed by atoms with Gasteiger partial charge >= 0.3 is 5.97 Å². The third-order valence-corrected chi connectivity index (χ3v) is 2.37. The van der Waals surface area contributed by atoms with Crippen LogP contribution in [-0.2, 0) is 11.3 Å². The molecule has 0 aliphatic rings. The Bertz CT molecular complexity index is 464. The smallest absolute Gasteiger partial charge is 0.354 e. The molecule has 1 amide bonds. The van der Waals surface area contributed by atoms with Crippen LogP contribution < -0.4 is 5.32 Å². The lowest BCUT2D eigenvalue weighted by atomic mass is 10.2. The molecular formula is C13H16N2O3. The van der Waals surface area contributed by atoms with Crippen LogP contribution in [0.15, 0.2) is 30.0 Å². The minimum Gasteiger partial charge on any atom is -0.477 e. The quantitative estimate of drug-likeness (QED) is 0.778. The first-order chi connectivity index (χ1) is 8.54. The maximum absolute atomic E-state index is 11.6. The average molecular weight is 248 g/mol. The molecule has 0 radical (unpaired) electrons. The van der Waals surface area contributed by atoms with E-state index in [9.17, 15) is 9.59 Å². The third kappa shape index (κ3) is 4.01. The van der Waals surface area contributed by atoms with Crippen LogP contribution in [-0.4, -0.2) is 22.0 Å². The van der Waals surface area contributed by atoms with Crippen molar-refractivity contribution in [1.29, 1.82) is 0 Å². The highest BCUT2D eigenvalue weighted by Crippen LogP contribution is 2.01. The second-order valence-electron chi connectivity index (χ2n) is 3.83. The summed E-state index contributed by atoms with van der Waals surface area (Å²) in [5.74, 6) is -1.19. The summed E-state index contributed by atoms with van der Waals surface area (Å²) in [6.07, 6.45) is 4.11. The fourth-order valence-electron chi connectivity index (χ4n) is 1.38. The average Bonchev–Trinajstić information content (AvgIpc) is 2.36. The van der Waals surface area contributed by atoms with Gasteiger partial charge in [-0.2, -0.15) is 0 Å². The number of hydrogen-bond donors (Lipinski definition) is 2. The number of allylic oxidation sites excluding steroid dienone is 1. The number of rotatable bonds is 5. The van der Waals surface area contributed by atoms with Crippen LogP contribution in [0.25, 0.3) is 0 Å². The van der Waals surface area contributed by atoms with Gasteiger partial charge in [-0.25, -0.2) is 9.78 Å². The van der Waals surface area contributed by atoms with Gasteiger partial charge in [-0.05, 0) is 25.0 Å². The fourth-order valence-corrected chi connectivity index (χ4v) is 1.38. The third-order valence-electron chi connectivity index (χ3n) is 2.37. The number of carbonyl (C=O) groups excluding carboxylic acids is 1. The molecule has 96 valence electrons. The molecule has 5 heteroatoms. The molecule has 18 heavy (non-hydrogen) atoms. The number of carboxylic acid groups (broad SMARTS) is 1. The van der Waals surface area contributed by atoms with Crippen molar-refractivity contribution in [1.82, 2.24) is 10.3 Å². The topological polar surface area (TPSA) is 79.3 Å². The molecule has 2 N–H and O–H groups in total. The molecule has 0 aliphatic carbocycles. The molecular weight excluding hydrogens is 232 g/mol. The number of pyridine rings is 1. The molecule has 1 heterocycles. The van der Waals surface area contributed by atoms with Gasteiger partial charge in [0.1, 0.15) is 5.69 Å². The number of carbonyl (C=O) groups is 2. The van der Waals surface area contributed by atoms with E-state index in [2.05, 4.69) is 10.3 Å². The first-order valence-electron chi connectivity index (χ1n) is 5.67. The van der Waals surface area contributed by atoms with Crippen LogP contribution in [0, 0.1) is 0 Å². The summed E-state index contributed by atoms with van der Waals surface area (Å²) in [6.45, 7) is 4.05. The van der Waals surface area contributed by atoms with Crippen molar-refractivity contribution in [2.75, 3.05) is 0 Å². The predicted octanol–water partition coefficient (Wildman–Crippen LogP) is 1.75. The Balaban J connectivity index is 2.56. The molecule has 0 saturated heterocycles. The van der Waals surface area contributed by atoms with Gasteiger partial charge in [-0.3, -0.25) is 4.79 Å². The molecule has 5 nitrogen and oxygen atoms in total. The number of amides is 1. The number of nitrogens with one attached hydrogen (secondary N) is 1. The number of carboxylic acids is 1. The zero-order valence-electron chi connectivity index (χ0n) is 10.4. The van der Waals surface area contributed by atoms with E-state index in [1.54, 1.807) is 13.0 Å². The van der Waals surface area contributed by atoms with Gasteiger partial charge in [0.2, 0.25) is 5.91 Å². The number of aromatic nitrogens is 1. The molecule has 0 aliphatic heterocycles. The van der Waals surface area contributed by atoms with Gasteiger partial charge in [0.15, 0.2) is 0 Å². The van der Waals surface area contributed by atoms with E-state index in [4.69, 9.17) is 5.11 Å². The molecule has 0 spiro atoms. The van der Waals surface area contributed by atoms with Gasteiger partial charge in [0, 0.05) is 18.3 Å². The van der Waals surface area contributed by atoms with Crippen molar-refractivity contribution in [2.24, 2.45) is 0 Å². The van der Waals surface area contributed by atoms with E-state index in [0.29, 0.717) is 12.1 Å². The summed E-state index contributed by atoms with van der Waals surface area (Å²) in [5.41, 5.74) is 1.43. The highest BCUT2D eigenvalue weighted by Gasteiger charge is 2.05. The minimum atomic E-state index is -1.06. The van der Waals surface area contributed by atoms with Crippen molar-refractivity contribution in [2.45, 2.75) is 26.8 Å². The molecule has 1 aromatic heterocycles. The Labute approximate surface area is 106 Å². The van der Waals surface area contributed by atoms with Crippen molar-refractivity contribution in [3.8, 4) is 0 Å². The zero-order valence-corrected chi connectivity index (χ0v) is 10.4. The number of hydrogen-bond acceptors (Lipinski definition) is 3. The molecule has 1 rings (SSSR count). The Morgan fingerprint density at radius 3 is 2.67 bits per heavy atom. The molecule has 0 unspecified atom stereocenters. The fraction of sp³-hybridized carbons (Fsp3) is 0.308. The van der Waals surface area contributed by atoms with Crippen LogP contribution in [0.4, 0.5) is 0 Å². The second kappa shape index (κ2) is 6.54. The van der Waals surface area contributed by atoms with Crippen molar-refractivity contribution in [3.05, 3.63) is 41.2 Å². The molecule has 0 fully saturated rings. The van der Waals surface area contributed by atoms with Crippen LogP contribution in [0.1, 0.15) is 36.3 Å². The largest absolute Gasteiger partial charge is 0.477 e. The van der Waals surface area contributed by atoms with E-state index < -0.39 is 5.97 Å². The maximum atomic E-state index is 11.6. The van der Waals surface area contributed by atoms with Crippen LogP contribution >= 0.6 is 0 Å². The molecule has 1 aromatic rings. The Morgan fingerprint density at radius 1 is 1.44 bits per heavy atom. The van der Waals surface area contributed by atoms with Gasteiger partial charge in [0.05, 0.1) is 0 Å². The molecule has 0 saturated carbocycles. The van der Waals surface area contributed by atoms with E-state index in [0.717, 1.165) is 12.0 Å². The molecule has 0 atom stereocenters. The van der Waals surface area contributed by atoms with Gasteiger partial charge < -0.3 is 10.4 Å². The normalized spacial score (nSPS) is 11.1. The lowest BCUT2D eigenvalue weighted by Gasteiger charge is -2.05. The number of nitrogens with zero attached hydrogens (tertiary/aromatic N) is 1. The summed E-state index contributed by atoms with van der Waals surface area (Å²) >= 11 is 0. The van der Waals surface area contributed by atoms with Crippen molar-refractivity contribution < 1.29 is 14.7 Å². The SMILES string of the molecule is CC/C=C(/C)C(=O)NCc1ccc(C(=O)O)nc1. The lowest BCUT2D eigenvalue weighted by molar-refractivity contribution is -0.117. The molecule has 0 bridgehead atoms. The summed E-state index contributed by atoms with van der Waals surface area (Å²) in [4.78, 5) is 26.0. The van der Waals surface area contributed by atoms with Gasteiger partial charge in [0.25, 0.3) is 0 Å². The molecule has 0 aromatic carbocycles. The minimum absolute atomic E-state index is 0.00728. The van der Waals surface area contributed by atoms with Crippen molar-refractivity contribution >= 4 is 11.9 Å². The zero-order chi connectivity index (χ0) is 13.5. The summed E-state index contributed by atoms with van der Waals surface area (Å²) < 4.78 is 0. The summed E-state index contributed by atoms with van der Waals surface area (Å²) in [7, 11) is 0. The van der Waals surface area contributed by atoms with Crippen LogP contribution in [0.5, 0.6) is 0 Å². The van der Waals surface area contributed by atoms with Gasteiger partial charge in [-0.1, -0.05) is 19.1 Å². The van der Waals surface area contributed by atoms with Gasteiger partial charge in [-0.15, -0.1) is 0 Å². The number of aromatic carboxylic acids is 1. The van der Waals surface area contributed by atoms with E-state index >= 15 is 0 Å². The Morgan fingerprint density at radius 2 is 2.17 bits per heavy atom. The monoisotopic (exact) mass is 248 g/mol. The highest BCUT2D eigenvalue weighted by atomic mass is 16.4. The van der Waals surface area contributed by atoms with E-state index in [1.807, 2.05) is 13.0 Å². The lowest BCUT2D eigenvalue weighted by Crippen LogP contribution is -2.23. The van der Waals surface area contributed by atoms with Crippen molar-refractivity contribution in [3.63, 3.8) is 0 Å². The second-order valence-corrected chi connectivity index (χ2v) is 3.83. The van der Waals surface area contributed by atoms with Crippen LogP contribution in [0.3, 0.4) is 0 Å². The maximum Gasteiger partial charge on any atom is 0.354 e. The van der Waals surface area contributed by atoms with E-state index in [1.165, 1.54) is 12.3 Å². The van der Waals surface area contributed by atoms with E-state index in [-0.39, 0.29) is 11.6 Å². The predicted molar refractivity (Wildman–Crippen MR) is 67.1 cm³/mol. The summed E-state index contributed by atoms with van der Waals surface area (Å²) in [6, 6.07) is 3.05. The Hall–Kier alpha value is -2.17. The first-order valence-corrected chi connectivity index (χ1v) is 5.67. The Kier molecular flexibility index (Phi) is 5.05. The van der Waals surface area contributed by atoms with Crippen LogP contribution in [0.2, 0.25) is 0 Å². The summed E-state index contributed by atoms with van der Waals surface area (Å²) in [5, 5.41) is 11.4. The standard InChI is InChI=1S/C13H16N2O3/c1-3-4-9(2)12(16)15-8-10-5-6-11(13(17)18)14-7-10/h4-7H,3,8H2,1-2H3,(H,15,16)(H,17,18)/b9-4-. The highest BCUT2D eigenvalue weighted by molar-refractivity contribution is 5.92.